The molecule has 0 saturated carbocycles. The highest BCUT2D eigenvalue weighted by atomic mass is 32.1. The highest BCUT2D eigenvalue weighted by molar-refractivity contribution is 7.19. The average Bonchev–Trinajstić information content (AvgIpc) is 3.04. The third-order valence-corrected chi connectivity index (χ3v) is 5.69. The highest BCUT2D eigenvalue weighted by Crippen LogP contribution is 2.40. The summed E-state index contributed by atoms with van der Waals surface area (Å²) in [5.41, 5.74) is 3.16. The van der Waals surface area contributed by atoms with E-state index in [0.717, 1.165) is 46.3 Å². The molecule has 1 aromatic heterocycles. The fourth-order valence-electron chi connectivity index (χ4n) is 3.22. The van der Waals surface area contributed by atoms with Gasteiger partial charge in [-0.3, -0.25) is 14.6 Å². The Morgan fingerprint density at radius 3 is 2.27 bits per heavy atom. The van der Waals surface area contributed by atoms with Gasteiger partial charge in [-0.2, -0.15) is 0 Å². The van der Waals surface area contributed by atoms with Gasteiger partial charge in [0.15, 0.2) is 5.13 Å². The molecule has 1 fully saturated rings. The number of thiazole rings is 1. The van der Waals surface area contributed by atoms with Crippen LogP contribution in [0.3, 0.4) is 0 Å². The normalized spacial score (nSPS) is 15.9. The molecule has 2 heterocycles. The van der Waals surface area contributed by atoms with Crippen LogP contribution < -0.4 is 4.90 Å². The second-order valence-corrected chi connectivity index (χ2v) is 7.52. The topological polar surface area (TPSA) is 36.4 Å². The van der Waals surface area contributed by atoms with Crippen molar-refractivity contribution < 1.29 is 4.79 Å². The van der Waals surface area contributed by atoms with E-state index in [9.17, 15) is 4.79 Å². The fourth-order valence-corrected chi connectivity index (χ4v) is 4.36. The molecule has 5 heteroatoms. The van der Waals surface area contributed by atoms with Gasteiger partial charge in [0.2, 0.25) is 5.91 Å². The number of anilines is 1. The largest absolute Gasteiger partial charge is 0.298 e. The minimum absolute atomic E-state index is 0.123. The summed E-state index contributed by atoms with van der Waals surface area (Å²) in [6, 6.07) is 20.5. The van der Waals surface area contributed by atoms with Gasteiger partial charge in [-0.05, 0) is 19.0 Å². The van der Waals surface area contributed by atoms with Crippen molar-refractivity contribution in [1.82, 2.24) is 9.88 Å². The highest BCUT2D eigenvalue weighted by Gasteiger charge is 2.25. The van der Waals surface area contributed by atoms with Gasteiger partial charge < -0.3 is 0 Å². The molecule has 1 aliphatic heterocycles. The first-order chi connectivity index (χ1) is 12.7. The molecule has 0 bridgehead atoms. The van der Waals surface area contributed by atoms with Crippen LogP contribution in [-0.4, -0.2) is 42.5 Å². The van der Waals surface area contributed by atoms with Crippen molar-refractivity contribution in [2.75, 3.05) is 31.6 Å². The number of likely N-dealkylation sites (N-methyl/N-ethyl adjacent to an activating group) is 1. The molecule has 0 radical (unpaired) electrons. The zero-order valence-corrected chi connectivity index (χ0v) is 15.6. The standard InChI is InChI=1S/C21H21N3OS/c1-23-13-8-14-24(18(25)15-23)21-22-19(16-9-4-2-5-10-16)20(26-21)17-11-6-3-7-12-17/h2-7,9-12H,8,13-15H2,1H3. The third-order valence-electron chi connectivity index (χ3n) is 4.56. The van der Waals surface area contributed by atoms with Crippen LogP contribution in [-0.2, 0) is 4.79 Å². The maximum atomic E-state index is 12.7. The quantitative estimate of drug-likeness (QED) is 0.701. The maximum Gasteiger partial charge on any atom is 0.242 e. The van der Waals surface area contributed by atoms with Crippen LogP contribution >= 0.6 is 11.3 Å². The molecule has 4 rings (SSSR count). The van der Waals surface area contributed by atoms with E-state index in [-0.39, 0.29) is 5.91 Å². The molecule has 0 aliphatic carbocycles. The van der Waals surface area contributed by atoms with Gasteiger partial charge in [0.25, 0.3) is 0 Å². The smallest absolute Gasteiger partial charge is 0.242 e. The Bertz CT molecular complexity index is 835. The SMILES string of the molecule is CN1CCCN(c2nc(-c3ccccc3)c(-c3ccccc3)s2)C(=O)C1. The molecule has 1 aliphatic rings. The van der Waals surface area contributed by atoms with Crippen LogP contribution in [0.15, 0.2) is 60.7 Å². The van der Waals surface area contributed by atoms with Crippen LogP contribution in [0.4, 0.5) is 5.13 Å². The molecule has 4 nitrogen and oxygen atoms in total. The van der Waals surface area contributed by atoms with Crippen molar-refractivity contribution in [3.63, 3.8) is 0 Å². The van der Waals surface area contributed by atoms with Crippen LogP contribution in [0.1, 0.15) is 6.42 Å². The summed E-state index contributed by atoms with van der Waals surface area (Å²) in [5.74, 6) is 0.123. The van der Waals surface area contributed by atoms with E-state index in [1.165, 1.54) is 0 Å². The summed E-state index contributed by atoms with van der Waals surface area (Å²) in [7, 11) is 1.99. The van der Waals surface area contributed by atoms with Crippen LogP contribution in [0.25, 0.3) is 21.7 Å². The zero-order valence-electron chi connectivity index (χ0n) is 14.8. The third kappa shape index (κ3) is 3.41. The van der Waals surface area contributed by atoms with E-state index < -0.39 is 0 Å². The molecule has 2 aromatic carbocycles. The molecule has 0 atom stereocenters. The molecule has 1 amide bonds. The Labute approximate surface area is 157 Å². The van der Waals surface area contributed by atoms with Gasteiger partial charge in [-0.25, -0.2) is 4.98 Å². The first-order valence-electron chi connectivity index (χ1n) is 8.83. The minimum Gasteiger partial charge on any atom is -0.298 e. The fraction of sp³-hybridized carbons (Fsp3) is 0.238. The Hall–Kier alpha value is -2.50. The minimum atomic E-state index is 0.123. The number of hydrogen-bond acceptors (Lipinski definition) is 4. The van der Waals surface area contributed by atoms with E-state index in [0.29, 0.717) is 6.54 Å². The van der Waals surface area contributed by atoms with Crippen LogP contribution in [0, 0.1) is 0 Å². The number of nitrogens with zero attached hydrogens (tertiary/aromatic N) is 3. The van der Waals surface area contributed by atoms with E-state index in [4.69, 9.17) is 4.98 Å². The van der Waals surface area contributed by atoms with E-state index in [2.05, 4.69) is 29.2 Å². The predicted molar refractivity (Wildman–Crippen MR) is 107 cm³/mol. The second-order valence-electron chi connectivity index (χ2n) is 6.54. The monoisotopic (exact) mass is 363 g/mol. The number of amides is 1. The summed E-state index contributed by atoms with van der Waals surface area (Å²) in [4.78, 5) is 22.6. The summed E-state index contributed by atoms with van der Waals surface area (Å²) in [6.07, 6.45) is 0.961. The Morgan fingerprint density at radius 1 is 0.923 bits per heavy atom. The summed E-state index contributed by atoms with van der Waals surface area (Å²) < 4.78 is 0. The Kier molecular flexibility index (Phi) is 4.82. The lowest BCUT2D eigenvalue weighted by Gasteiger charge is -2.17. The summed E-state index contributed by atoms with van der Waals surface area (Å²) in [5, 5.41) is 0.794. The van der Waals surface area contributed by atoms with E-state index in [1.54, 1.807) is 11.3 Å². The summed E-state index contributed by atoms with van der Waals surface area (Å²) >= 11 is 1.60. The Morgan fingerprint density at radius 2 is 1.58 bits per heavy atom. The number of carbonyl (C=O) groups excluding carboxylic acids is 1. The lowest BCUT2D eigenvalue weighted by Crippen LogP contribution is -2.35. The number of rotatable bonds is 3. The first-order valence-corrected chi connectivity index (χ1v) is 9.64. The van der Waals surface area contributed by atoms with Gasteiger partial charge in [-0.15, -0.1) is 0 Å². The van der Waals surface area contributed by atoms with Crippen LogP contribution in [0.2, 0.25) is 0 Å². The Balaban J connectivity index is 1.80. The molecule has 3 aromatic rings. The average molecular weight is 363 g/mol. The zero-order chi connectivity index (χ0) is 17.9. The lowest BCUT2D eigenvalue weighted by atomic mass is 10.1. The first kappa shape index (κ1) is 16.9. The van der Waals surface area contributed by atoms with Crippen molar-refractivity contribution in [3.05, 3.63) is 60.7 Å². The van der Waals surface area contributed by atoms with Gasteiger partial charge in [-0.1, -0.05) is 72.0 Å². The molecule has 0 N–H and O–H groups in total. The molecular weight excluding hydrogens is 342 g/mol. The van der Waals surface area contributed by atoms with Crippen molar-refractivity contribution >= 4 is 22.4 Å². The molecular formula is C21H21N3OS. The van der Waals surface area contributed by atoms with Gasteiger partial charge in [0, 0.05) is 18.7 Å². The van der Waals surface area contributed by atoms with E-state index in [1.807, 2.05) is 48.3 Å². The van der Waals surface area contributed by atoms with E-state index >= 15 is 0 Å². The molecule has 1 saturated heterocycles. The number of carbonyl (C=O) groups is 1. The molecule has 132 valence electrons. The summed E-state index contributed by atoms with van der Waals surface area (Å²) in [6.45, 7) is 2.10. The van der Waals surface area contributed by atoms with Crippen molar-refractivity contribution in [1.29, 1.82) is 0 Å². The van der Waals surface area contributed by atoms with Crippen LogP contribution in [0.5, 0.6) is 0 Å². The molecule has 26 heavy (non-hydrogen) atoms. The molecule has 0 spiro atoms. The number of aromatic nitrogens is 1. The van der Waals surface area contributed by atoms with Gasteiger partial charge >= 0.3 is 0 Å². The number of hydrogen-bond donors (Lipinski definition) is 0. The van der Waals surface area contributed by atoms with Crippen molar-refractivity contribution in [2.24, 2.45) is 0 Å². The maximum absolute atomic E-state index is 12.7. The number of benzene rings is 2. The second kappa shape index (κ2) is 7.40. The van der Waals surface area contributed by atoms with Gasteiger partial charge in [0.1, 0.15) is 0 Å². The predicted octanol–water partition coefficient (Wildman–Crippen LogP) is 4.15. The molecule has 0 unspecified atom stereocenters. The van der Waals surface area contributed by atoms with Crippen molar-refractivity contribution in [3.8, 4) is 21.7 Å². The van der Waals surface area contributed by atoms with Crippen molar-refractivity contribution in [2.45, 2.75) is 6.42 Å². The van der Waals surface area contributed by atoms with Gasteiger partial charge in [0.05, 0.1) is 17.1 Å². The lowest BCUT2D eigenvalue weighted by molar-refractivity contribution is -0.118.